The van der Waals surface area contributed by atoms with Gasteiger partial charge in [0, 0.05) is 6.42 Å². The number of amides is 1. The van der Waals surface area contributed by atoms with Gasteiger partial charge in [-0.2, -0.15) is 0 Å². The molecule has 19 nitrogen and oxygen atoms in total. The van der Waals surface area contributed by atoms with Crippen LogP contribution in [0.1, 0.15) is 361 Å². The van der Waals surface area contributed by atoms with Crippen LogP contribution in [0.2, 0.25) is 0 Å². The van der Waals surface area contributed by atoms with E-state index in [-0.39, 0.29) is 18.9 Å². The summed E-state index contributed by atoms with van der Waals surface area (Å²) in [6, 6.07) is -1.000. The molecule has 3 aliphatic heterocycles. The first-order valence-corrected chi connectivity index (χ1v) is 47.3. The van der Waals surface area contributed by atoms with Gasteiger partial charge in [-0.15, -0.1) is 0 Å². The Morgan fingerprint density at radius 3 is 0.957 bits per heavy atom. The Labute approximate surface area is 709 Å². The van der Waals surface area contributed by atoms with E-state index in [1.807, 2.05) is 6.08 Å². The summed E-state index contributed by atoms with van der Waals surface area (Å²) in [5, 5.41) is 121. The second-order valence-electron chi connectivity index (χ2n) is 33.1. The van der Waals surface area contributed by atoms with Crippen LogP contribution in [0.4, 0.5) is 0 Å². The smallest absolute Gasteiger partial charge is 0.220 e. The molecule has 17 atom stereocenters. The van der Waals surface area contributed by atoms with Crippen molar-refractivity contribution >= 4 is 5.91 Å². The number of carbonyl (C=O) groups is 1. The van der Waals surface area contributed by atoms with Crippen molar-refractivity contribution in [3.63, 3.8) is 0 Å². The minimum Gasteiger partial charge on any atom is -0.394 e. The summed E-state index contributed by atoms with van der Waals surface area (Å²) in [5.41, 5.74) is 0. The molecule has 0 aromatic heterocycles. The van der Waals surface area contributed by atoms with E-state index in [1.165, 1.54) is 225 Å². The molecule has 0 aromatic rings. The minimum atomic E-state index is -1.99. The van der Waals surface area contributed by atoms with Crippen molar-refractivity contribution < 1.29 is 89.4 Å². The summed E-state index contributed by atoms with van der Waals surface area (Å²) in [7, 11) is 0. The van der Waals surface area contributed by atoms with Crippen molar-refractivity contribution in [1.29, 1.82) is 0 Å². The Bertz CT molecular complexity index is 2590. The molecule has 17 unspecified atom stereocenters. The molecule has 12 N–H and O–H groups in total. The first kappa shape index (κ1) is 107. The highest BCUT2D eigenvalue weighted by molar-refractivity contribution is 5.76. The summed E-state index contributed by atoms with van der Waals surface area (Å²) >= 11 is 0. The standard InChI is InChI=1S/C98H171NO18/c1-3-5-7-9-11-13-15-17-19-21-23-25-27-29-31-33-35-37-38-39-40-41-42-44-46-48-50-52-54-56-58-60-62-64-66-68-70-72-74-76-86(104)99-81(82(103)75-73-71-69-67-65-63-61-59-57-55-53-51-49-47-45-43-36-34-32-30-28-26-24-22-20-18-16-14-12-10-8-6-4-2)80-112-96-92(110)89(107)94(84(78-101)114-96)117-98-93(111)90(108)95(85(79-102)115-98)116-97-91(109)88(106)87(105)83(77-100)113-97/h5,7,11,13,17,19,23,25,29,31,35,37,39-40,42,44,65,67,73,75,81-85,87-98,100-103,105-111H,3-4,6,8-10,12,14-16,18,20-22,24,26-28,30,32-34,36,38,41,43,45-64,66,68-72,74,76-80H2,1-2H3,(H,99,104)/b7-5-,13-11-,19-17-,25-23-,31-29-,37-35-,40-39-,44-42-,67-65+,75-73+. The average molecular weight is 1650 g/mol. The Kier molecular flexibility index (Phi) is 69.6. The fraction of sp³-hybridized carbons (Fsp3) is 0.786. The van der Waals surface area contributed by atoms with Crippen LogP contribution in [0.15, 0.2) is 122 Å². The number of hydrogen-bond donors (Lipinski definition) is 12. The monoisotopic (exact) mass is 1650 g/mol. The summed E-state index contributed by atoms with van der Waals surface area (Å²) in [6.07, 6.45) is 82.1. The molecule has 3 heterocycles. The highest BCUT2D eigenvalue weighted by Gasteiger charge is 2.54. The van der Waals surface area contributed by atoms with Crippen molar-refractivity contribution in [3.8, 4) is 0 Å². The minimum absolute atomic E-state index is 0.229. The zero-order valence-electron chi connectivity index (χ0n) is 73.2. The summed E-state index contributed by atoms with van der Waals surface area (Å²) in [5.74, 6) is -0.286. The first-order chi connectivity index (χ1) is 57.3. The van der Waals surface area contributed by atoms with Gasteiger partial charge in [0.15, 0.2) is 18.9 Å². The quantitative estimate of drug-likeness (QED) is 0.0199. The summed E-state index contributed by atoms with van der Waals surface area (Å²) < 4.78 is 34.5. The number of unbranched alkanes of at least 4 members (excludes halogenated alkanes) is 42. The lowest BCUT2D eigenvalue weighted by molar-refractivity contribution is -0.379. The van der Waals surface area contributed by atoms with Gasteiger partial charge in [0.1, 0.15) is 73.2 Å². The van der Waals surface area contributed by atoms with Gasteiger partial charge >= 0.3 is 0 Å². The lowest BCUT2D eigenvalue weighted by atomic mass is 9.96. The van der Waals surface area contributed by atoms with Gasteiger partial charge in [-0.05, 0) is 96.3 Å². The van der Waals surface area contributed by atoms with Gasteiger partial charge in [0.2, 0.25) is 5.91 Å². The number of nitrogens with one attached hydrogen (secondary N) is 1. The topological polar surface area (TPSA) is 307 Å². The molecular weight excluding hydrogens is 1480 g/mol. The number of ether oxygens (including phenoxy) is 6. The molecule has 0 bridgehead atoms. The van der Waals surface area contributed by atoms with Gasteiger partial charge in [0.25, 0.3) is 0 Å². The third kappa shape index (κ3) is 53.8. The van der Waals surface area contributed by atoms with E-state index in [2.05, 4.69) is 129 Å². The zero-order valence-corrected chi connectivity index (χ0v) is 73.2. The molecule has 3 fully saturated rings. The molecule has 0 radical (unpaired) electrons. The van der Waals surface area contributed by atoms with Crippen molar-refractivity contribution in [2.45, 2.75) is 465 Å². The molecule has 0 spiro atoms. The Hall–Kier alpha value is -3.81. The number of allylic oxidation sites excluding steroid dienone is 19. The molecule has 0 saturated carbocycles. The number of rotatable bonds is 76. The van der Waals surface area contributed by atoms with Crippen LogP contribution < -0.4 is 5.32 Å². The van der Waals surface area contributed by atoms with Gasteiger partial charge in [0.05, 0.1) is 38.6 Å². The van der Waals surface area contributed by atoms with E-state index in [0.29, 0.717) is 12.8 Å². The van der Waals surface area contributed by atoms with Crippen LogP contribution in [-0.2, 0) is 33.2 Å². The highest BCUT2D eigenvalue weighted by atomic mass is 16.8. The maximum absolute atomic E-state index is 13.5. The van der Waals surface area contributed by atoms with E-state index in [4.69, 9.17) is 28.4 Å². The molecule has 3 aliphatic rings. The molecule has 3 rings (SSSR count). The molecule has 3 saturated heterocycles. The van der Waals surface area contributed by atoms with Crippen LogP contribution in [0.25, 0.3) is 0 Å². The Morgan fingerprint density at radius 2 is 0.598 bits per heavy atom. The Morgan fingerprint density at radius 1 is 0.316 bits per heavy atom. The van der Waals surface area contributed by atoms with E-state index in [9.17, 15) is 61.0 Å². The molecule has 19 heteroatoms. The fourth-order valence-electron chi connectivity index (χ4n) is 15.3. The average Bonchev–Trinajstić information content (AvgIpc) is 0.777. The van der Waals surface area contributed by atoms with Crippen LogP contribution >= 0.6 is 0 Å². The van der Waals surface area contributed by atoms with Gasteiger partial charge in [-0.3, -0.25) is 4.79 Å². The molecule has 0 aliphatic carbocycles. The second-order valence-corrected chi connectivity index (χ2v) is 33.1. The van der Waals surface area contributed by atoms with Crippen LogP contribution in [0.5, 0.6) is 0 Å². The SMILES string of the molecule is CC/C=C\C/C=C\C/C=C\C/C=C\C/C=C\C/C=C\C/C=C\C/C=C\CCCCCCCCCCCCCCCCC(=O)NC(COC1OC(CO)C(OC2OC(CO)C(OC3OC(CO)C(O)C(O)C3O)C(O)C2O)C(O)C1O)C(O)/C=C/CC/C=C/CCCCCCCCCCCCCCCCCCCCCCCCCCCCC. The number of carbonyl (C=O) groups excluding carboxylic acids is 1. The zero-order chi connectivity index (χ0) is 84.5. The second kappa shape index (κ2) is 75.9. The maximum atomic E-state index is 13.5. The third-order valence-electron chi connectivity index (χ3n) is 22.7. The number of hydrogen-bond acceptors (Lipinski definition) is 18. The van der Waals surface area contributed by atoms with Crippen molar-refractivity contribution in [3.05, 3.63) is 122 Å². The highest BCUT2D eigenvalue weighted by Crippen LogP contribution is 2.34. The van der Waals surface area contributed by atoms with E-state index in [0.717, 1.165) is 103 Å². The predicted molar refractivity (Wildman–Crippen MR) is 475 cm³/mol. The maximum Gasteiger partial charge on any atom is 0.220 e. The van der Waals surface area contributed by atoms with Crippen molar-refractivity contribution in [1.82, 2.24) is 5.32 Å². The number of aliphatic hydroxyl groups is 11. The molecule has 1 amide bonds. The van der Waals surface area contributed by atoms with Gasteiger partial charge in [-0.1, -0.05) is 379 Å². The summed E-state index contributed by atoms with van der Waals surface area (Å²) in [4.78, 5) is 13.5. The van der Waals surface area contributed by atoms with Crippen molar-refractivity contribution in [2.75, 3.05) is 26.4 Å². The predicted octanol–water partition coefficient (Wildman–Crippen LogP) is 19.0. The molecule has 0 aromatic carbocycles. The lowest BCUT2D eigenvalue weighted by Crippen LogP contribution is -2.66. The third-order valence-corrected chi connectivity index (χ3v) is 22.7. The van der Waals surface area contributed by atoms with E-state index >= 15 is 0 Å². The van der Waals surface area contributed by atoms with Gasteiger partial charge < -0.3 is 89.9 Å². The van der Waals surface area contributed by atoms with Gasteiger partial charge in [-0.25, -0.2) is 0 Å². The fourth-order valence-corrected chi connectivity index (χ4v) is 15.3. The lowest BCUT2D eigenvalue weighted by Gasteiger charge is -2.48. The number of aliphatic hydroxyl groups excluding tert-OH is 11. The molecule has 676 valence electrons. The normalized spacial score (nSPS) is 24.9. The molecule has 117 heavy (non-hydrogen) atoms. The van der Waals surface area contributed by atoms with Crippen LogP contribution in [0, 0.1) is 0 Å². The van der Waals surface area contributed by atoms with E-state index < -0.39 is 124 Å². The van der Waals surface area contributed by atoms with Crippen LogP contribution in [0.3, 0.4) is 0 Å². The first-order valence-electron chi connectivity index (χ1n) is 47.3. The van der Waals surface area contributed by atoms with Crippen LogP contribution in [-0.4, -0.2) is 193 Å². The largest absolute Gasteiger partial charge is 0.394 e. The van der Waals surface area contributed by atoms with E-state index in [1.54, 1.807) is 6.08 Å². The Balaban J connectivity index is 1.32. The summed E-state index contributed by atoms with van der Waals surface area (Å²) in [6.45, 7) is 1.64. The van der Waals surface area contributed by atoms with Crippen molar-refractivity contribution in [2.24, 2.45) is 0 Å². The molecular formula is C98H171NO18.